The molecule has 1 unspecified atom stereocenters. The summed E-state index contributed by atoms with van der Waals surface area (Å²) < 4.78 is 5.21. The number of esters is 1. The third-order valence-electron chi connectivity index (χ3n) is 3.42. The summed E-state index contributed by atoms with van der Waals surface area (Å²) in [6, 6.07) is 0. The number of nitrogens with two attached hydrogens (primary N) is 2. The van der Waals surface area contributed by atoms with E-state index in [9.17, 15) is 4.79 Å². The van der Waals surface area contributed by atoms with Crippen molar-refractivity contribution in [3.8, 4) is 0 Å². The first kappa shape index (κ1) is 13.3. The predicted molar refractivity (Wildman–Crippen MR) is 72.2 cm³/mol. The van der Waals surface area contributed by atoms with Crippen LogP contribution in [0.4, 0.5) is 11.6 Å². The van der Waals surface area contributed by atoms with E-state index in [2.05, 4.69) is 9.97 Å². The third kappa shape index (κ3) is 2.25. The topological polar surface area (TPSA) is 104 Å². The lowest BCUT2D eigenvalue weighted by Gasteiger charge is -2.33. The second-order valence-electron chi connectivity index (χ2n) is 4.54. The minimum atomic E-state index is -0.861. The Bertz CT molecular complexity index is 495. The van der Waals surface area contributed by atoms with Crippen molar-refractivity contribution in [2.75, 3.05) is 18.1 Å². The summed E-state index contributed by atoms with van der Waals surface area (Å²) in [5.74, 6) is 0.180. The molecule has 6 nitrogen and oxygen atoms in total. The van der Waals surface area contributed by atoms with E-state index in [0.29, 0.717) is 25.0 Å². The fraction of sp³-hybridized carbons (Fsp3) is 0.462. The van der Waals surface area contributed by atoms with Crippen LogP contribution in [0.2, 0.25) is 0 Å². The Hall–Kier alpha value is -2.11. The maximum Gasteiger partial charge on any atom is 0.317 e. The van der Waals surface area contributed by atoms with Gasteiger partial charge in [0.05, 0.1) is 12.2 Å². The van der Waals surface area contributed by atoms with E-state index in [0.717, 1.165) is 6.42 Å². The van der Waals surface area contributed by atoms with E-state index in [1.165, 1.54) is 6.33 Å². The van der Waals surface area contributed by atoms with Crippen molar-refractivity contribution in [1.82, 2.24) is 9.97 Å². The van der Waals surface area contributed by atoms with Gasteiger partial charge in [0.15, 0.2) is 0 Å². The lowest BCUT2D eigenvalue weighted by Crippen LogP contribution is -2.40. The minimum absolute atomic E-state index is 0.246. The van der Waals surface area contributed by atoms with Gasteiger partial charge in [0.2, 0.25) is 0 Å². The second-order valence-corrected chi connectivity index (χ2v) is 4.54. The van der Waals surface area contributed by atoms with Crippen LogP contribution in [0.15, 0.2) is 18.5 Å². The lowest BCUT2D eigenvalue weighted by atomic mass is 9.71. The van der Waals surface area contributed by atoms with Crippen molar-refractivity contribution < 1.29 is 9.53 Å². The molecule has 0 saturated carbocycles. The number of aromatic nitrogens is 2. The van der Waals surface area contributed by atoms with Gasteiger partial charge in [-0.3, -0.25) is 4.79 Å². The molecule has 1 heterocycles. The Morgan fingerprint density at radius 2 is 2.05 bits per heavy atom. The molecule has 2 rings (SSSR count). The van der Waals surface area contributed by atoms with Gasteiger partial charge in [-0.2, -0.15) is 0 Å². The van der Waals surface area contributed by atoms with Gasteiger partial charge in [-0.05, 0) is 26.2 Å². The van der Waals surface area contributed by atoms with Crippen LogP contribution in [0.25, 0.3) is 0 Å². The molecule has 1 aliphatic rings. The number of hydrogen-bond acceptors (Lipinski definition) is 6. The molecule has 0 aliphatic heterocycles. The maximum absolute atomic E-state index is 12.4. The SMILES string of the molecule is CCOC(=O)C1(c2c(N)ncnc2N)CC=CCC1. The van der Waals surface area contributed by atoms with Crippen LogP contribution in [0.3, 0.4) is 0 Å². The molecule has 1 atom stereocenters. The zero-order chi connectivity index (χ0) is 13.9. The zero-order valence-corrected chi connectivity index (χ0v) is 10.9. The smallest absolute Gasteiger partial charge is 0.317 e. The normalized spacial score (nSPS) is 22.2. The largest absolute Gasteiger partial charge is 0.465 e. The molecule has 0 fully saturated rings. The molecule has 6 heteroatoms. The molecule has 0 bridgehead atoms. The van der Waals surface area contributed by atoms with E-state index in [1.807, 2.05) is 12.2 Å². The Kier molecular flexibility index (Phi) is 3.69. The first-order chi connectivity index (χ1) is 9.12. The van der Waals surface area contributed by atoms with Crippen molar-refractivity contribution in [3.05, 3.63) is 24.0 Å². The zero-order valence-electron chi connectivity index (χ0n) is 10.9. The fourth-order valence-corrected chi connectivity index (χ4v) is 2.52. The number of nitrogens with zero attached hydrogens (tertiary/aromatic N) is 2. The summed E-state index contributed by atoms with van der Waals surface area (Å²) in [7, 11) is 0. The van der Waals surface area contributed by atoms with Crippen molar-refractivity contribution in [2.24, 2.45) is 0 Å². The Labute approximate surface area is 111 Å². The summed E-state index contributed by atoms with van der Waals surface area (Å²) in [5.41, 5.74) is 11.5. The van der Waals surface area contributed by atoms with Crippen LogP contribution >= 0.6 is 0 Å². The van der Waals surface area contributed by atoms with E-state index >= 15 is 0 Å². The molecule has 0 amide bonds. The molecule has 102 valence electrons. The number of rotatable bonds is 3. The third-order valence-corrected chi connectivity index (χ3v) is 3.42. The molecular formula is C13H18N4O2. The van der Waals surface area contributed by atoms with Gasteiger partial charge in [-0.15, -0.1) is 0 Å². The average molecular weight is 262 g/mol. The van der Waals surface area contributed by atoms with E-state index in [-0.39, 0.29) is 17.6 Å². The second kappa shape index (κ2) is 5.26. The van der Waals surface area contributed by atoms with E-state index in [4.69, 9.17) is 16.2 Å². The van der Waals surface area contributed by atoms with Gasteiger partial charge in [0.25, 0.3) is 0 Å². The Morgan fingerprint density at radius 3 is 2.58 bits per heavy atom. The van der Waals surface area contributed by atoms with Gasteiger partial charge >= 0.3 is 5.97 Å². The van der Waals surface area contributed by atoms with E-state index < -0.39 is 5.41 Å². The van der Waals surface area contributed by atoms with Gasteiger partial charge in [-0.25, -0.2) is 9.97 Å². The molecular weight excluding hydrogens is 244 g/mol. The van der Waals surface area contributed by atoms with Crippen molar-refractivity contribution >= 4 is 17.6 Å². The quantitative estimate of drug-likeness (QED) is 0.626. The van der Waals surface area contributed by atoms with Crippen molar-refractivity contribution in [2.45, 2.75) is 31.6 Å². The molecule has 0 saturated heterocycles. The van der Waals surface area contributed by atoms with Gasteiger partial charge in [0.1, 0.15) is 23.4 Å². The molecule has 1 aromatic heterocycles. The maximum atomic E-state index is 12.4. The highest BCUT2D eigenvalue weighted by Gasteiger charge is 2.45. The summed E-state index contributed by atoms with van der Waals surface area (Å²) in [6.07, 6.45) is 7.16. The van der Waals surface area contributed by atoms with Crippen LogP contribution in [0.1, 0.15) is 31.7 Å². The molecule has 1 aromatic rings. The van der Waals surface area contributed by atoms with Crippen LogP contribution in [0, 0.1) is 0 Å². The minimum Gasteiger partial charge on any atom is -0.465 e. The van der Waals surface area contributed by atoms with Crippen molar-refractivity contribution in [3.63, 3.8) is 0 Å². The number of hydrogen-bond donors (Lipinski definition) is 2. The highest BCUT2D eigenvalue weighted by atomic mass is 16.5. The fourth-order valence-electron chi connectivity index (χ4n) is 2.52. The Morgan fingerprint density at radius 1 is 1.37 bits per heavy atom. The molecule has 19 heavy (non-hydrogen) atoms. The summed E-state index contributed by atoms with van der Waals surface area (Å²) in [4.78, 5) is 20.3. The molecule has 0 spiro atoms. The average Bonchev–Trinajstić information content (AvgIpc) is 2.40. The molecule has 1 aliphatic carbocycles. The van der Waals surface area contributed by atoms with Crippen LogP contribution in [0.5, 0.6) is 0 Å². The molecule has 4 N–H and O–H groups in total. The van der Waals surface area contributed by atoms with Crippen LogP contribution in [-0.2, 0) is 14.9 Å². The summed E-state index contributed by atoms with van der Waals surface area (Å²) in [6.45, 7) is 2.09. The number of ether oxygens (including phenoxy) is 1. The highest BCUT2D eigenvalue weighted by molar-refractivity contribution is 5.87. The molecule has 0 aromatic carbocycles. The number of allylic oxidation sites excluding steroid dienone is 2. The van der Waals surface area contributed by atoms with Crippen LogP contribution < -0.4 is 11.5 Å². The van der Waals surface area contributed by atoms with Gasteiger partial charge < -0.3 is 16.2 Å². The first-order valence-electron chi connectivity index (χ1n) is 6.30. The van der Waals surface area contributed by atoms with Gasteiger partial charge in [0, 0.05) is 0 Å². The summed E-state index contributed by atoms with van der Waals surface area (Å²) in [5, 5.41) is 0. The number of carbonyl (C=O) groups is 1. The first-order valence-corrected chi connectivity index (χ1v) is 6.30. The highest BCUT2D eigenvalue weighted by Crippen LogP contribution is 2.42. The predicted octanol–water partition coefficient (Wildman–Crippen LogP) is 1.18. The number of nitrogen functional groups attached to an aromatic ring is 2. The number of carbonyl (C=O) groups excluding carboxylic acids is 1. The lowest BCUT2D eigenvalue weighted by molar-refractivity contribution is -0.150. The Balaban J connectivity index is 2.55. The standard InChI is InChI=1S/C13H18N4O2/c1-2-19-12(18)13(6-4-3-5-7-13)9-10(14)16-8-17-11(9)15/h3-4,8H,2,5-7H2,1H3,(H4,14,15,16,17). The van der Waals surface area contributed by atoms with E-state index in [1.54, 1.807) is 6.92 Å². The molecule has 0 radical (unpaired) electrons. The van der Waals surface area contributed by atoms with Crippen LogP contribution in [-0.4, -0.2) is 22.5 Å². The van der Waals surface area contributed by atoms with Crippen molar-refractivity contribution in [1.29, 1.82) is 0 Å². The summed E-state index contributed by atoms with van der Waals surface area (Å²) >= 11 is 0. The monoisotopic (exact) mass is 262 g/mol. The number of anilines is 2. The van der Waals surface area contributed by atoms with Gasteiger partial charge in [-0.1, -0.05) is 12.2 Å².